The fraction of sp³-hybridized carbons (Fsp3) is 0.269. The zero-order valence-corrected chi connectivity index (χ0v) is 17.3. The number of hydrogen-bond acceptors (Lipinski definition) is 4. The van der Waals surface area contributed by atoms with Crippen LogP contribution < -0.4 is 0 Å². The van der Waals surface area contributed by atoms with Crippen molar-refractivity contribution < 1.29 is 14.3 Å². The third-order valence-electron chi connectivity index (χ3n) is 4.98. The Hall–Kier alpha value is -3.27. The first-order chi connectivity index (χ1) is 14.7. The number of ketones is 1. The molecular weight excluding hydrogens is 374 g/mol. The molecule has 0 heterocycles. The Labute approximate surface area is 177 Å². The molecule has 0 aliphatic rings. The first-order valence-corrected chi connectivity index (χ1v) is 10.4. The van der Waals surface area contributed by atoms with Gasteiger partial charge in [-0.15, -0.1) is 0 Å². The first kappa shape index (κ1) is 21.4. The maximum atomic E-state index is 13.2. The van der Waals surface area contributed by atoms with E-state index < -0.39 is 11.9 Å². The molecular formula is C26H27NO3. The molecule has 0 spiro atoms. The van der Waals surface area contributed by atoms with Crippen molar-refractivity contribution in [3.8, 4) is 0 Å². The van der Waals surface area contributed by atoms with Crippen molar-refractivity contribution in [1.82, 2.24) is 0 Å². The van der Waals surface area contributed by atoms with Crippen molar-refractivity contribution >= 4 is 28.7 Å². The lowest BCUT2D eigenvalue weighted by Crippen LogP contribution is -2.28. The van der Waals surface area contributed by atoms with Gasteiger partial charge in [-0.05, 0) is 42.5 Å². The van der Waals surface area contributed by atoms with Gasteiger partial charge in [-0.3, -0.25) is 14.6 Å². The van der Waals surface area contributed by atoms with E-state index in [0.29, 0.717) is 12.1 Å². The van der Waals surface area contributed by atoms with E-state index in [1.807, 2.05) is 54.6 Å². The zero-order chi connectivity index (χ0) is 21.2. The fourth-order valence-electron chi connectivity index (χ4n) is 3.43. The van der Waals surface area contributed by atoms with Gasteiger partial charge in [0, 0.05) is 18.3 Å². The largest absolute Gasteiger partial charge is 0.465 e. The second-order valence-electron chi connectivity index (χ2n) is 7.12. The molecule has 154 valence electrons. The Morgan fingerprint density at radius 3 is 2.47 bits per heavy atom. The molecule has 3 aromatic carbocycles. The van der Waals surface area contributed by atoms with Gasteiger partial charge in [0.15, 0.2) is 11.7 Å². The predicted molar refractivity (Wildman–Crippen MR) is 121 cm³/mol. The van der Waals surface area contributed by atoms with Crippen molar-refractivity contribution in [3.05, 3.63) is 83.9 Å². The number of aliphatic imine (C=N–C) groups is 1. The minimum atomic E-state index is -1.02. The summed E-state index contributed by atoms with van der Waals surface area (Å²) in [6.07, 6.45) is 4.35. The molecule has 0 aliphatic carbocycles. The second kappa shape index (κ2) is 11.1. The molecule has 4 heteroatoms. The highest BCUT2D eigenvalue weighted by atomic mass is 16.5. The smallest absolute Gasteiger partial charge is 0.322 e. The molecule has 0 saturated heterocycles. The lowest BCUT2D eigenvalue weighted by molar-refractivity contribution is -0.143. The summed E-state index contributed by atoms with van der Waals surface area (Å²) in [4.78, 5) is 30.0. The molecule has 30 heavy (non-hydrogen) atoms. The van der Waals surface area contributed by atoms with E-state index in [4.69, 9.17) is 4.74 Å². The predicted octanol–water partition coefficient (Wildman–Crippen LogP) is 5.30. The number of benzene rings is 3. The van der Waals surface area contributed by atoms with Crippen molar-refractivity contribution in [3.63, 3.8) is 0 Å². The number of esters is 1. The minimum absolute atomic E-state index is 0.225. The quantitative estimate of drug-likeness (QED) is 0.152. The Balaban J connectivity index is 1.67. The fourth-order valence-corrected chi connectivity index (χ4v) is 3.43. The highest BCUT2D eigenvalue weighted by Crippen LogP contribution is 2.21. The lowest BCUT2D eigenvalue weighted by Gasteiger charge is -2.12. The van der Waals surface area contributed by atoms with Gasteiger partial charge in [-0.1, -0.05) is 72.8 Å². The lowest BCUT2D eigenvalue weighted by atomic mass is 9.94. The number of ether oxygens (including phenoxy) is 1. The van der Waals surface area contributed by atoms with Gasteiger partial charge in [0.25, 0.3) is 0 Å². The average Bonchev–Trinajstić information content (AvgIpc) is 2.78. The van der Waals surface area contributed by atoms with Crippen LogP contribution in [-0.4, -0.2) is 31.1 Å². The number of carbonyl (C=O) groups is 2. The Morgan fingerprint density at radius 1 is 0.933 bits per heavy atom. The Morgan fingerprint density at radius 2 is 1.67 bits per heavy atom. The van der Waals surface area contributed by atoms with Gasteiger partial charge in [0.2, 0.25) is 0 Å². The molecule has 0 saturated carbocycles. The molecule has 0 fully saturated rings. The van der Waals surface area contributed by atoms with Gasteiger partial charge in [-0.2, -0.15) is 0 Å². The third kappa shape index (κ3) is 5.63. The topological polar surface area (TPSA) is 55.7 Å². The van der Waals surface area contributed by atoms with Crippen LogP contribution >= 0.6 is 0 Å². The maximum absolute atomic E-state index is 13.2. The van der Waals surface area contributed by atoms with Crippen molar-refractivity contribution in [2.24, 2.45) is 10.9 Å². The first-order valence-electron chi connectivity index (χ1n) is 10.4. The molecule has 0 aliphatic heterocycles. The van der Waals surface area contributed by atoms with E-state index >= 15 is 0 Å². The van der Waals surface area contributed by atoms with Crippen LogP contribution in [0.4, 0.5) is 0 Å². The summed E-state index contributed by atoms with van der Waals surface area (Å²) in [7, 11) is 0. The normalized spacial score (nSPS) is 12.2. The highest BCUT2D eigenvalue weighted by Gasteiger charge is 2.28. The third-order valence-corrected chi connectivity index (χ3v) is 4.98. The van der Waals surface area contributed by atoms with E-state index in [0.717, 1.165) is 30.0 Å². The molecule has 0 radical (unpaired) electrons. The summed E-state index contributed by atoms with van der Waals surface area (Å²) in [6, 6.07) is 23.5. The monoisotopic (exact) mass is 401 g/mol. The van der Waals surface area contributed by atoms with Gasteiger partial charge >= 0.3 is 5.97 Å². The molecule has 3 rings (SSSR count). The summed E-state index contributed by atoms with van der Waals surface area (Å²) >= 11 is 0. The minimum Gasteiger partial charge on any atom is -0.465 e. The second-order valence-corrected chi connectivity index (χ2v) is 7.12. The van der Waals surface area contributed by atoms with Gasteiger partial charge < -0.3 is 4.74 Å². The molecule has 0 bridgehead atoms. The van der Waals surface area contributed by atoms with Crippen LogP contribution in [0.25, 0.3) is 10.8 Å². The molecule has 0 aromatic heterocycles. The number of hydrogen-bond donors (Lipinski definition) is 0. The van der Waals surface area contributed by atoms with Crippen molar-refractivity contribution in [2.45, 2.75) is 26.2 Å². The van der Waals surface area contributed by atoms with E-state index in [1.165, 1.54) is 11.8 Å². The summed E-state index contributed by atoms with van der Waals surface area (Å²) in [5.74, 6) is -1.85. The zero-order valence-electron chi connectivity index (χ0n) is 17.3. The van der Waals surface area contributed by atoms with Crippen LogP contribution in [0.2, 0.25) is 0 Å². The van der Waals surface area contributed by atoms with E-state index in [-0.39, 0.29) is 12.4 Å². The number of nitrogens with zero attached hydrogens (tertiary/aromatic N) is 1. The molecule has 1 atom stereocenters. The summed E-state index contributed by atoms with van der Waals surface area (Å²) in [6.45, 7) is 2.53. The number of fused-ring (bicyclic) bond motifs is 1. The van der Waals surface area contributed by atoms with Gasteiger partial charge in [0.05, 0.1) is 6.61 Å². The number of Topliss-reactive ketones (excluding diaryl/α,β-unsaturated/α-hetero) is 1. The Bertz CT molecular complexity index is 1010. The van der Waals surface area contributed by atoms with Crippen molar-refractivity contribution in [2.75, 3.05) is 13.2 Å². The van der Waals surface area contributed by atoms with E-state index in [2.05, 4.69) is 17.1 Å². The SMILES string of the molecule is CCOC(=O)C(C=NCCCCc1ccccc1)C(=O)c1cccc2ccccc12. The maximum Gasteiger partial charge on any atom is 0.322 e. The Kier molecular flexibility index (Phi) is 7.90. The number of carbonyl (C=O) groups excluding carboxylic acids is 2. The summed E-state index contributed by atoms with van der Waals surface area (Å²) < 4.78 is 5.14. The molecule has 3 aromatic rings. The van der Waals surface area contributed by atoms with Gasteiger partial charge in [0.1, 0.15) is 0 Å². The van der Waals surface area contributed by atoms with Crippen LogP contribution in [0.5, 0.6) is 0 Å². The van der Waals surface area contributed by atoms with E-state index in [1.54, 1.807) is 13.0 Å². The number of unbranched alkanes of at least 4 members (excludes halogenated alkanes) is 1. The molecule has 0 amide bonds. The number of rotatable bonds is 10. The van der Waals surface area contributed by atoms with Crippen LogP contribution in [0, 0.1) is 5.92 Å². The van der Waals surface area contributed by atoms with Crippen LogP contribution in [0.15, 0.2) is 77.8 Å². The summed E-state index contributed by atoms with van der Waals surface area (Å²) in [5, 5.41) is 1.79. The molecule has 0 N–H and O–H groups in total. The van der Waals surface area contributed by atoms with Crippen LogP contribution in [0.3, 0.4) is 0 Å². The standard InChI is InChI=1S/C26H27NO3/c1-2-30-26(29)24(19-27-18-9-8-13-20-11-4-3-5-12-20)25(28)23-17-10-15-21-14-6-7-16-22(21)23/h3-7,10-12,14-17,19,24H,2,8-9,13,18H2,1H3. The number of aryl methyl sites for hydroxylation is 1. The van der Waals surface area contributed by atoms with Crippen LogP contribution in [0.1, 0.15) is 35.7 Å². The molecule has 4 nitrogen and oxygen atoms in total. The van der Waals surface area contributed by atoms with Crippen LogP contribution in [-0.2, 0) is 16.0 Å². The molecule has 1 unspecified atom stereocenters. The van der Waals surface area contributed by atoms with Crippen molar-refractivity contribution in [1.29, 1.82) is 0 Å². The highest BCUT2D eigenvalue weighted by molar-refractivity contribution is 6.22. The van der Waals surface area contributed by atoms with Gasteiger partial charge in [-0.25, -0.2) is 0 Å². The van der Waals surface area contributed by atoms with E-state index in [9.17, 15) is 9.59 Å². The summed E-state index contributed by atoms with van der Waals surface area (Å²) in [5.41, 5.74) is 1.82. The average molecular weight is 402 g/mol.